The fourth-order valence-electron chi connectivity index (χ4n) is 2.75. The molecule has 0 fully saturated rings. The molecule has 0 bridgehead atoms. The number of hydrogen-bond donors (Lipinski definition) is 0. The molecule has 0 saturated carbocycles. The van der Waals surface area contributed by atoms with Gasteiger partial charge in [-0.3, -0.25) is 9.78 Å². The molecule has 1 aromatic heterocycles. The lowest BCUT2D eigenvalue weighted by Crippen LogP contribution is -2.28. The van der Waals surface area contributed by atoms with E-state index in [2.05, 4.69) is 24.0 Å². The van der Waals surface area contributed by atoms with Gasteiger partial charge in [-0.1, -0.05) is 60.7 Å². The molecule has 3 heteroatoms. The molecule has 0 spiro atoms. The summed E-state index contributed by atoms with van der Waals surface area (Å²) in [5.74, 6) is -0.0130. The molecule has 0 unspecified atom stereocenters. The van der Waals surface area contributed by atoms with Crippen LogP contribution in [0, 0.1) is 6.92 Å². The molecule has 3 rings (SSSR count). The zero-order valence-electron chi connectivity index (χ0n) is 14.9. The lowest BCUT2D eigenvalue weighted by atomic mass is 10.1. The number of nitrogens with zero attached hydrogens (tertiary/aromatic N) is 2. The van der Waals surface area contributed by atoms with Crippen molar-refractivity contribution in [3.05, 3.63) is 107 Å². The maximum absolute atomic E-state index is 12.9. The third kappa shape index (κ3) is 4.90. The van der Waals surface area contributed by atoms with Gasteiger partial charge >= 0.3 is 0 Å². The average Bonchev–Trinajstić information content (AvgIpc) is 2.69. The molecule has 0 aliphatic carbocycles. The highest BCUT2D eigenvalue weighted by Crippen LogP contribution is 2.14. The van der Waals surface area contributed by atoms with Crippen molar-refractivity contribution >= 4 is 12.0 Å². The highest BCUT2D eigenvalue weighted by molar-refractivity contribution is 5.91. The van der Waals surface area contributed by atoms with Crippen molar-refractivity contribution in [2.45, 2.75) is 20.0 Å². The number of aryl methyl sites for hydroxylation is 1. The Labute approximate surface area is 154 Å². The van der Waals surface area contributed by atoms with Crippen LogP contribution in [0.1, 0.15) is 22.3 Å². The predicted octanol–water partition coefficient (Wildman–Crippen LogP) is 4.63. The first-order chi connectivity index (χ1) is 12.7. The highest BCUT2D eigenvalue weighted by Gasteiger charge is 2.13. The lowest BCUT2D eigenvalue weighted by molar-refractivity contribution is -0.127. The topological polar surface area (TPSA) is 33.2 Å². The van der Waals surface area contributed by atoms with Gasteiger partial charge in [0.1, 0.15) is 0 Å². The van der Waals surface area contributed by atoms with E-state index in [1.807, 2.05) is 65.6 Å². The fraction of sp³-hybridized carbons (Fsp3) is 0.130. The summed E-state index contributed by atoms with van der Waals surface area (Å²) in [5.41, 5.74) is 4.36. The first-order valence-electron chi connectivity index (χ1n) is 8.68. The number of benzene rings is 2. The van der Waals surface area contributed by atoms with E-state index in [0.717, 1.165) is 16.7 Å². The Kier molecular flexibility index (Phi) is 5.94. The molecule has 0 aliphatic rings. The van der Waals surface area contributed by atoms with Crippen LogP contribution < -0.4 is 0 Å². The minimum atomic E-state index is -0.0130. The highest BCUT2D eigenvalue weighted by atomic mass is 16.2. The molecule has 0 radical (unpaired) electrons. The molecule has 2 aromatic carbocycles. The van der Waals surface area contributed by atoms with Crippen molar-refractivity contribution in [3.63, 3.8) is 0 Å². The summed E-state index contributed by atoms with van der Waals surface area (Å²) >= 11 is 0. The molecule has 3 aromatic rings. The SMILES string of the molecule is Cc1ccccc1CN(Cc1cccnc1)C(=O)/C=C/c1ccccc1. The van der Waals surface area contributed by atoms with E-state index in [9.17, 15) is 4.79 Å². The maximum Gasteiger partial charge on any atom is 0.247 e. The minimum absolute atomic E-state index is 0.0130. The van der Waals surface area contributed by atoms with Crippen LogP contribution in [0.25, 0.3) is 6.08 Å². The quantitative estimate of drug-likeness (QED) is 0.612. The first kappa shape index (κ1) is 17.6. The molecule has 0 N–H and O–H groups in total. The summed E-state index contributed by atoms with van der Waals surface area (Å²) in [7, 11) is 0. The molecule has 130 valence electrons. The Morgan fingerprint density at radius 2 is 1.73 bits per heavy atom. The van der Waals surface area contributed by atoms with Crippen LogP contribution in [0.2, 0.25) is 0 Å². The number of amides is 1. The van der Waals surface area contributed by atoms with E-state index in [0.29, 0.717) is 13.1 Å². The average molecular weight is 342 g/mol. The van der Waals surface area contributed by atoms with Crippen LogP contribution in [0.15, 0.2) is 85.2 Å². The van der Waals surface area contributed by atoms with E-state index >= 15 is 0 Å². The van der Waals surface area contributed by atoms with Crippen LogP contribution >= 0.6 is 0 Å². The lowest BCUT2D eigenvalue weighted by Gasteiger charge is -2.22. The Morgan fingerprint density at radius 1 is 0.962 bits per heavy atom. The Hall–Kier alpha value is -3.20. The number of carbonyl (C=O) groups excluding carboxylic acids is 1. The van der Waals surface area contributed by atoms with Gasteiger partial charge in [-0.25, -0.2) is 0 Å². The monoisotopic (exact) mass is 342 g/mol. The summed E-state index contributed by atoms with van der Waals surface area (Å²) < 4.78 is 0. The molecule has 0 atom stereocenters. The van der Waals surface area contributed by atoms with Crippen molar-refractivity contribution in [1.82, 2.24) is 9.88 Å². The smallest absolute Gasteiger partial charge is 0.247 e. The van der Waals surface area contributed by atoms with Crippen molar-refractivity contribution < 1.29 is 4.79 Å². The van der Waals surface area contributed by atoms with Crippen molar-refractivity contribution in [2.24, 2.45) is 0 Å². The molecule has 3 nitrogen and oxygen atoms in total. The van der Waals surface area contributed by atoms with E-state index in [4.69, 9.17) is 0 Å². The third-order valence-electron chi connectivity index (χ3n) is 4.25. The molecular weight excluding hydrogens is 320 g/mol. The number of hydrogen-bond acceptors (Lipinski definition) is 2. The number of pyridine rings is 1. The van der Waals surface area contributed by atoms with Gasteiger partial charge in [0.05, 0.1) is 0 Å². The van der Waals surface area contributed by atoms with Crippen LogP contribution in [0.4, 0.5) is 0 Å². The second-order valence-corrected chi connectivity index (χ2v) is 6.23. The van der Waals surface area contributed by atoms with Crippen LogP contribution in [-0.2, 0) is 17.9 Å². The van der Waals surface area contributed by atoms with Crippen LogP contribution in [0.3, 0.4) is 0 Å². The summed E-state index contributed by atoms with van der Waals surface area (Å²) in [4.78, 5) is 18.9. The Morgan fingerprint density at radius 3 is 2.46 bits per heavy atom. The normalized spacial score (nSPS) is 10.8. The second-order valence-electron chi connectivity index (χ2n) is 6.23. The Balaban J connectivity index is 1.81. The largest absolute Gasteiger partial charge is 0.330 e. The zero-order valence-corrected chi connectivity index (χ0v) is 14.9. The van der Waals surface area contributed by atoms with Crippen molar-refractivity contribution in [3.8, 4) is 0 Å². The summed E-state index contributed by atoms with van der Waals surface area (Å²) in [6.07, 6.45) is 7.05. The van der Waals surface area contributed by atoms with Gasteiger partial charge in [-0.2, -0.15) is 0 Å². The fourth-order valence-corrected chi connectivity index (χ4v) is 2.75. The molecule has 0 saturated heterocycles. The second kappa shape index (κ2) is 8.77. The summed E-state index contributed by atoms with van der Waals surface area (Å²) in [6.45, 7) is 3.17. The molecule has 0 aliphatic heterocycles. The number of rotatable bonds is 6. The predicted molar refractivity (Wildman–Crippen MR) is 105 cm³/mol. The first-order valence-corrected chi connectivity index (χ1v) is 8.68. The molecule has 1 heterocycles. The Bertz CT molecular complexity index is 873. The van der Waals surface area contributed by atoms with E-state index in [-0.39, 0.29) is 5.91 Å². The minimum Gasteiger partial charge on any atom is -0.330 e. The van der Waals surface area contributed by atoms with Crippen molar-refractivity contribution in [1.29, 1.82) is 0 Å². The van der Waals surface area contributed by atoms with E-state index in [1.54, 1.807) is 18.5 Å². The van der Waals surface area contributed by atoms with Gasteiger partial charge in [0.2, 0.25) is 5.91 Å². The van der Waals surface area contributed by atoms with Gasteiger partial charge in [-0.15, -0.1) is 0 Å². The standard InChI is InChI=1S/C23H22N2O/c1-19-8-5-6-12-22(19)18-25(17-21-11-7-15-24-16-21)23(26)14-13-20-9-3-2-4-10-20/h2-16H,17-18H2,1H3/b14-13+. The third-order valence-corrected chi connectivity index (χ3v) is 4.25. The van der Waals surface area contributed by atoms with Crippen LogP contribution in [-0.4, -0.2) is 15.8 Å². The van der Waals surface area contributed by atoms with Crippen LogP contribution in [0.5, 0.6) is 0 Å². The maximum atomic E-state index is 12.9. The van der Waals surface area contributed by atoms with Gasteiger partial charge in [0.15, 0.2) is 0 Å². The molecule has 1 amide bonds. The molecular formula is C23H22N2O. The number of carbonyl (C=O) groups is 1. The zero-order chi connectivity index (χ0) is 18.2. The van der Waals surface area contributed by atoms with Gasteiger partial charge in [0.25, 0.3) is 0 Å². The van der Waals surface area contributed by atoms with Gasteiger partial charge in [0, 0.05) is 31.6 Å². The molecule has 26 heavy (non-hydrogen) atoms. The number of aromatic nitrogens is 1. The van der Waals surface area contributed by atoms with E-state index in [1.165, 1.54) is 5.56 Å². The van der Waals surface area contributed by atoms with E-state index < -0.39 is 0 Å². The van der Waals surface area contributed by atoms with Gasteiger partial charge in [-0.05, 0) is 41.3 Å². The summed E-state index contributed by atoms with van der Waals surface area (Å²) in [6, 6.07) is 21.9. The van der Waals surface area contributed by atoms with Crippen molar-refractivity contribution in [2.75, 3.05) is 0 Å². The summed E-state index contributed by atoms with van der Waals surface area (Å²) in [5, 5.41) is 0. The van der Waals surface area contributed by atoms with Gasteiger partial charge < -0.3 is 4.90 Å².